The lowest BCUT2D eigenvalue weighted by Crippen LogP contribution is -2.68. The lowest BCUT2D eigenvalue weighted by Gasteiger charge is -2.59. The lowest BCUT2D eigenvalue weighted by molar-refractivity contribution is -0.160. The third-order valence-electron chi connectivity index (χ3n) is 18.4. The zero-order valence-corrected chi connectivity index (χ0v) is 45.6. The molecule has 8 bridgehead atoms. The molecule has 0 radical (unpaired) electrons. The van der Waals surface area contributed by atoms with E-state index in [2.05, 4.69) is 95.6 Å². The standard InChI is InChI=1S/C58H78N8O7S/c1-34(2)71-23-22-65-47-14-11-38-24-42(47)44(50(65)43-25-39(29-59-48(43)36(4)70-7)37-15-20-63(21-16-37)41-12-13-41)28-56(5,6)33-72-54(68)45-10-8-19-66(62-45)53(67)49(61-55(69)58-26-40(27-58)35(3)73-58)51(52-60-46(38)30-74-52)64-31-57(32-64)17-9-18-57/h11,14,24-25,29-30,34-37,40-41,45,49,51,62H,8-10,12-13,15-23,26-28,31-33H2,1-7H3,(H,61,69)/t35-,36-,40?,45-,49-,51-,58?/m0/s1. The summed E-state index contributed by atoms with van der Waals surface area (Å²) in [7, 11) is 1.76. The quantitative estimate of drug-likeness (QED) is 0.131. The molecule has 1 spiro atoms. The summed E-state index contributed by atoms with van der Waals surface area (Å²) in [6, 6.07) is 7.62. The Bertz CT molecular complexity index is 2780. The maximum Gasteiger partial charge on any atom is 0.324 e. The number of nitrogens with zero attached hydrogens (tertiary/aromatic N) is 6. The predicted octanol–water partition coefficient (Wildman–Crippen LogP) is 8.50. The van der Waals surface area contributed by atoms with Crippen LogP contribution in [0.4, 0.5) is 0 Å². The molecule has 3 saturated carbocycles. The lowest BCUT2D eigenvalue weighted by atomic mass is 9.63. The number of thiazole rings is 1. The number of nitrogens with one attached hydrogen (secondary N) is 2. The van der Waals surface area contributed by atoms with E-state index in [-0.39, 0.29) is 42.1 Å². The molecule has 15 nitrogen and oxygen atoms in total. The van der Waals surface area contributed by atoms with Gasteiger partial charge in [-0.3, -0.25) is 29.3 Å². The molecule has 2 amide bonds. The van der Waals surface area contributed by atoms with Gasteiger partial charge in [-0.05, 0) is 158 Å². The number of fused-ring (bicyclic) bond motifs is 7. The summed E-state index contributed by atoms with van der Waals surface area (Å²) in [5.74, 6) is -0.173. The number of methoxy groups -OCH3 is 1. The molecule has 398 valence electrons. The van der Waals surface area contributed by atoms with Crippen LogP contribution in [0.25, 0.3) is 33.4 Å². The molecule has 9 heterocycles. The number of hydrogen-bond acceptors (Lipinski definition) is 13. The van der Waals surface area contributed by atoms with Gasteiger partial charge in [-0.1, -0.05) is 26.3 Å². The summed E-state index contributed by atoms with van der Waals surface area (Å²) in [4.78, 5) is 60.1. The molecule has 16 heteroatoms. The van der Waals surface area contributed by atoms with E-state index in [1.807, 2.05) is 6.92 Å². The second kappa shape index (κ2) is 19.6. The van der Waals surface area contributed by atoms with Gasteiger partial charge in [-0.2, -0.15) is 0 Å². The van der Waals surface area contributed by atoms with Crippen LogP contribution in [0.1, 0.15) is 152 Å². The van der Waals surface area contributed by atoms with Crippen LogP contribution in [0.2, 0.25) is 0 Å². The maximum absolute atomic E-state index is 15.3. The van der Waals surface area contributed by atoms with Crippen LogP contribution >= 0.6 is 11.3 Å². The van der Waals surface area contributed by atoms with Gasteiger partial charge in [-0.15, -0.1) is 11.3 Å². The van der Waals surface area contributed by atoms with Crippen LogP contribution in [0.3, 0.4) is 0 Å². The number of benzene rings is 1. The van der Waals surface area contributed by atoms with Crippen LogP contribution in [0.15, 0.2) is 35.8 Å². The average Bonchev–Trinajstić information content (AvgIpc) is 3.71. The van der Waals surface area contributed by atoms with Crippen LogP contribution in [-0.2, 0) is 46.3 Å². The third kappa shape index (κ3) is 9.33. The van der Waals surface area contributed by atoms with Gasteiger partial charge < -0.3 is 33.7 Å². The van der Waals surface area contributed by atoms with Crippen molar-refractivity contribution in [2.24, 2.45) is 16.7 Å². The molecule has 74 heavy (non-hydrogen) atoms. The number of carbonyl (C=O) groups is 3. The van der Waals surface area contributed by atoms with Gasteiger partial charge in [0.1, 0.15) is 22.7 Å². The van der Waals surface area contributed by atoms with Crippen molar-refractivity contribution in [3.05, 3.63) is 57.7 Å². The Labute approximate surface area is 440 Å². The van der Waals surface area contributed by atoms with Crippen molar-refractivity contribution in [3.8, 4) is 22.5 Å². The molecule has 1 aromatic carbocycles. The Morgan fingerprint density at radius 1 is 1.00 bits per heavy atom. The van der Waals surface area contributed by atoms with Crippen molar-refractivity contribution in [1.29, 1.82) is 0 Å². The molecule has 2 N–H and O–H groups in total. The normalized spacial score (nSPS) is 29.7. The summed E-state index contributed by atoms with van der Waals surface area (Å²) in [5, 5.41) is 8.89. The monoisotopic (exact) mass is 1030 g/mol. The molecule has 5 saturated heterocycles. The highest BCUT2D eigenvalue weighted by molar-refractivity contribution is 7.10. The van der Waals surface area contributed by atoms with Crippen molar-refractivity contribution in [1.82, 2.24) is 40.1 Å². The SMILES string of the molecule is CO[C@@H](C)c1ncc(C2CCN(C3CC3)CC2)cc1-c1c2c3cc(ccc3n1CCOC(C)C)-c1csc(n1)[C@@H](N1CC3(CCC3)C1)[C@H](NC(=O)C13CC(C1)[C@H](C)O3)C(=O)N1CCC[C@H](N1)C(=O)OCC(C)(C)C2. The first kappa shape index (κ1) is 50.5. The zero-order valence-electron chi connectivity index (χ0n) is 44.8. The van der Waals surface area contributed by atoms with Crippen LogP contribution in [0, 0.1) is 16.7 Å². The topological polar surface area (TPSA) is 153 Å². The second-order valence-corrected chi connectivity index (χ2v) is 25.6. The highest BCUT2D eigenvalue weighted by atomic mass is 32.1. The predicted molar refractivity (Wildman–Crippen MR) is 284 cm³/mol. The van der Waals surface area contributed by atoms with Crippen LogP contribution in [-0.4, -0.2) is 136 Å². The van der Waals surface area contributed by atoms with E-state index in [9.17, 15) is 9.59 Å². The Balaban J connectivity index is 1.00. The largest absolute Gasteiger partial charge is 0.464 e. The summed E-state index contributed by atoms with van der Waals surface area (Å²) in [6.45, 7) is 18.2. The number of carbonyl (C=O) groups excluding carboxylic acids is 3. The Morgan fingerprint density at radius 3 is 2.47 bits per heavy atom. The summed E-state index contributed by atoms with van der Waals surface area (Å²) in [5.41, 5.74) is 10.4. The van der Waals surface area contributed by atoms with E-state index < -0.39 is 35.1 Å². The zero-order chi connectivity index (χ0) is 51.3. The van der Waals surface area contributed by atoms with Gasteiger partial charge in [0.2, 0.25) is 0 Å². The fraction of sp³-hybridized carbons (Fsp3) is 0.672. The second-order valence-electron chi connectivity index (χ2n) is 24.7. The van der Waals surface area contributed by atoms with Crippen molar-refractivity contribution < 1.29 is 33.3 Å². The highest BCUT2D eigenvalue weighted by Crippen LogP contribution is 2.54. The number of amides is 2. The first-order chi connectivity index (χ1) is 35.6. The minimum absolute atomic E-state index is 0.00903. The van der Waals surface area contributed by atoms with Gasteiger partial charge in [-0.25, -0.2) is 10.4 Å². The number of aromatic nitrogens is 3. The molecule has 3 aromatic heterocycles. The molecule has 5 atom stereocenters. The molecule has 13 rings (SSSR count). The number of ether oxygens (including phenoxy) is 4. The van der Waals surface area contributed by atoms with E-state index in [0.717, 1.165) is 108 Å². The summed E-state index contributed by atoms with van der Waals surface area (Å²) >= 11 is 1.55. The Kier molecular flexibility index (Phi) is 13.4. The molecule has 0 unspecified atom stereocenters. The summed E-state index contributed by atoms with van der Waals surface area (Å²) < 4.78 is 27.6. The Morgan fingerprint density at radius 2 is 1.78 bits per heavy atom. The first-order valence-corrected chi connectivity index (χ1v) is 28.9. The number of piperidine rings is 1. The molecule has 8 fully saturated rings. The van der Waals surface area contributed by atoms with Crippen molar-refractivity contribution in [2.45, 2.75) is 179 Å². The number of rotatable bonds is 12. The Hall–Kier alpha value is -4.29. The number of likely N-dealkylation sites (tertiary alicyclic amines) is 2. The minimum Gasteiger partial charge on any atom is -0.464 e. The number of hydrazine groups is 1. The van der Waals surface area contributed by atoms with Crippen LogP contribution in [0.5, 0.6) is 0 Å². The van der Waals surface area contributed by atoms with E-state index in [1.54, 1.807) is 23.5 Å². The molecule has 3 aliphatic carbocycles. The van der Waals surface area contributed by atoms with Gasteiger partial charge >= 0.3 is 5.97 Å². The fourth-order valence-corrected chi connectivity index (χ4v) is 14.8. The van der Waals surface area contributed by atoms with E-state index in [0.29, 0.717) is 63.6 Å². The van der Waals surface area contributed by atoms with E-state index in [4.69, 9.17) is 28.9 Å². The van der Waals surface area contributed by atoms with Gasteiger partial charge in [0.25, 0.3) is 11.8 Å². The van der Waals surface area contributed by atoms with Crippen molar-refractivity contribution >= 4 is 40.0 Å². The molecule has 4 aromatic rings. The molecular weight excluding hydrogens is 953 g/mol. The fourth-order valence-electron chi connectivity index (χ4n) is 13.8. The maximum atomic E-state index is 15.3. The average molecular weight is 1030 g/mol. The van der Waals surface area contributed by atoms with Crippen LogP contribution < -0.4 is 10.7 Å². The van der Waals surface area contributed by atoms with E-state index >= 15 is 4.79 Å². The summed E-state index contributed by atoms with van der Waals surface area (Å²) in [6.07, 6.45) is 13.3. The third-order valence-corrected chi connectivity index (χ3v) is 19.3. The number of hydrogen-bond donors (Lipinski definition) is 2. The van der Waals surface area contributed by atoms with Crippen molar-refractivity contribution in [3.63, 3.8) is 0 Å². The highest BCUT2D eigenvalue weighted by Gasteiger charge is 2.62. The van der Waals surface area contributed by atoms with Gasteiger partial charge in [0.05, 0.1) is 54.6 Å². The number of esters is 1. The van der Waals surface area contributed by atoms with Gasteiger partial charge in [0, 0.05) is 78.4 Å². The van der Waals surface area contributed by atoms with E-state index in [1.165, 1.54) is 24.8 Å². The molecule has 6 aliphatic heterocycles. The number of cyclic esters (lactones) is 1. The molecular formula is C58H78N8O7S. The molecule has 9 aliphatic rings. The number of pyridine rings is 1. The minimum atomic E-state index is -0.982. The first-order valence-electron chi connectivity index (χ1n) is 28.1. The van der Waals surface area contributed by atoms with Crippen molar-refractivity contribution in [2.75, 3.05) is 53.0 Å². The van der Waals surface area contributed by atoms with Gasteiger partial charge in [0.15, 0.2) is 0 Å². The smallest absolute Gasteiger partial charge is 0.324 e.